The van der Waals surface area contributed by atoms with Crippen molar-refractivity contribution in [3.8, 4) is 11.5 Å². The second-order valence-electron chi connectivity index (χ2n) is 12.7. The van der Waals surface area contributed by atoms with Crippen LogP contribution in [0.3, 0.4) is 0 Å². The molecule has 0 spiro atoms. The minimum absolute atomic E-state index is 0.0170. The molecule has 0 unspecified atom stereocenters. The van der Waals surface area contributed by atoms with Crippen LogP contribution in [-0.4, -0.2) is 67.8 Å². The molecule has 9 nitrogen and oxygen atoms in total. The van der Waals surface area contributed by atoms with Gasteiger partial charge in [0, 0.05) is 24.7 Å². The Kier molecular flexibility index (Phi) is 9.19. The zero-order chi connectivity index (χ0) is 31.7. The van der Waals surface area contributed by atoms with Crippen molar-refractivity contribution in [3.05, 3.63) is 76.4 Å². The van der Waals surface area contributed by atoms with Crippen LogP contribution in [0.25, 0.3) is 0 Å². The molecule has 2 aromatic carbocycles. The van der Waals surface area contributed by atoms with Crippen LogP contribution in [0.4, 0.5) is 11.5 Å². The first-order chi connectivity index (χ1) is 21.7. The van der Waals surface area contributed by atoms with Gasteiger partial charge >= 0.3 is 0 Å². The van der Waals surface area contributed by atoms with Gasteiger partial charge in [-0.1, -0.05) is 23.7 Å². The van der Waals surface area contributed by atoms with Crippen LogP contribution in [0.5, 0.6) is 11.5 Å². The lowest BCUT2D eigenvalue weighted by molar-refractivity contribution is -0.119. The van der Waals surface area contributed by atoms with Gasteiger partial charge in [0.25, 0.3) is 0 Å². The van der Waals surface area contributed by atoms with Gasteiger partial charge in [-0.3, -0.25) is 19.4 Å². The number of benzene rings is 2. The number of halogens is 1. The highest BCUT2D eigenvalue weighted by Crippen LogP contribution is 2.44. The summed E-state index contributed by atoms with van der Waals surface area (Å²) in [5.41, 5.74) is 3.58. The average Bonchev–Trinajstić information content (AvgIpc) is 3.47. The number of anilines is 2. The van der Waals surface area contributed by atoms with Gasteiger partial charge in [-0.15, -0.1) is 0 Å². The van der Waals surface area contributed by atoms with Crippen LogP contribution >= 0.6 is 11.6 Å². The van der Waals surface area contributed by atoms with Crippen molar-refractivity contribution in [2.45, 2.75) is 64.1 Å². The Morgan fingerprint density at radius 3 is 2.42 bits per heavy atom. The maximum absolute atomic E-state index is 13.9. The normalized spacial score (nSPS) is 21.9. The molecule has 45 heavy (non-hydrogen) atoms. The summed E-state index contributed by atoms with van der Waals surface area (Å²) in [6, 6.07) is 15.7. The van der Waals surface area contributed by atoms with E-state index in [0.717, 1.165) is 60.4 Å². The molecule has 1 aromatic heterocycles. The highest BCUT2D eigenvalue weighted by Gasteiger charge is 2.36. The zero-order valence-corrected chi connectivity index (χ0v) is 27.2. The molecule has 3 aromatic rings. The Hall–Kier alpha value is -3.82. The highest BCUT2D eigenvalue weighted by atomic mass is 35.5. The van der Waals surface area contributed by atoms with Crippen LogP contribution in [0.15, 0.2) is 54.7 Å². The fraction of sp³-hybridized carbons (Fsp3) is 0.457. The largest absolute Gasteiger partial charge is 0.493 e. The molecule has 1 saturated heterocycles. The Morgan fingerprint density at radius 2 is 1.80 bits per heavy atom. The van der Waals surface area contributed by atoms with Gasteiger partial charge in [-0.2, -0.15) is 0 Å². The van der Waals surface area contributed by atoms with E-state index in [0.29, 0.717) is 41.7 Å². The number of aromatic nitrogens is 1. The van der Waals surface area contributed by atoms with Gasteiger partial charge in [-0.25, -0.2) is 4.98 Å². The van der Waals surface area contributed by atoms with Gasteiger partial charge in [0.1, 0.15) is 5.82 Å². The smallest absolute Gasteiger partial charge is 0.235 e. The first-order valence-corrected chi connectivity index (χ1v) is 16.2. The summed E-state index contributed by atoms with van der Waals surface area (Å²) in [5.74, 6) is 2.83. The van der Waals surface area contributed by atoms with Crippen molar-refractivity contribution >= 4 is 34.9 Å². The average molecular weight is 632 g/mol. The SMILES string of the molecule is COc1cc2c(cc1OC(C)C)[C@H](c1ccc(Cl)cc1)N(c1ccc(N(C)C[C@H]3CC[C@H](N4CNC(=O)C4)CC3)nc1)C(=O)C2. The van der Waals surface area contributed by atoms with Crippen LogP contribution < -0.4 is 24.6 Å². The van der Waals surface area contributed by atoms with Gasteiger partial charge in [0.15, 0.2) is 11.5 Å². The Bertz CT molecular complexity index is 1520. The fourth-order valence-electron chi connectivity index (χ4n) is 6.99. The third-order valence-corrected chi connectivity index (χ3v) is 9.48. The Morgan fingerprint density at radius 1 is 1.04 bits per heavy atom. The van der Waals surface area contributed by atoms with E-state index in [2.05, 4.69) is 22.2 Å². The second kappa shape index (κ2) is 13.3. The number of hydrogen-bond donors (Lipinski definition) is 1. The molecule has 2 aliphatic heterocycles. The molecule has 3 aliphatic rings. The van der Waals surface area contributed by atoms with Crippen molar-refractivity contribution in [3.63, 3.8) is 0 Å². The summed E-state index contributed by atoms with van der Waals surface area (Å²) >= 11 is 6.27. The molecular formula is C35H42ClN5O4. The molecule has 1 atom stereocenters. The number of pyridine rings is 1. The number of rotatable bonds is 9. The summed E-state index contributed by atoms with van der Waals surface area (Å²) in [5, 5.41) is 3.56. The first-order valence-electron chi connectivity index (χ1n) is 15.8. The number of nitrogens with one attached hydrogen (secondary N) is 1. The van der Waals surface area contributed by atoms with Crippen molar-refractivity contribution in [2.24, 2.45) is 5.92 Å². The summed E-state index contributed by atoms with van der Waals surface area (Å²) in [6.07, 6.45) is 6.50. The minimum atomic E-state index is -0.388. The lowest BCUT2D eigenvalue weighted by Crippen LogP contribution is -2.41. The molecular weight excluding hydrogens is 590 g/mol. The zero-order valence-electron chi connectivity index (χ0n) is 26.5. The third kappa shape index (κ3) is 6.75. The third-order valence-electron chi connectivity index (χ3n) is 9.23. The van der Waals surface area contributed by atoms with E-state index in [-0.39, 0.29) is 30.4 Å². The van der Waals surface area contributed by atoms with E-state index in [1.54, 1.807) is 13.3 Å². The number of carbonyl (C=O) groups is 2. The molecule has 238 valence electrons. The molecule has 3 heterocycles. The summed E-state index contributed by atoms with van der Waals surface area (Å²) in [6.45, 7) is 6.08. The number of amides is 2. The van der Waals surface area contributed by atoms with Crippen LogP contribution in [0.2, 0.25) is 5.02 Å². The van der Waals surface area contributed by atoms with E-state index in [1.807, 2.05) is 67.3 Å². The van der Waals surface area contributed by atoms with E-state index >= 15 is 0 Å². The van der Waals surface area contributed by atoms with Crippen LogP contribution in [0, 0.1) is 5.92 Å². The molecule has 0 bridgehead atoms. The molecule has 2 amide bonds. The van der Waals surface area contributed by atoms with Crippen molar-refractivity contribution in [1.82, 2.24) is 15.2 Å². The van der Waals surface area contributed by atoms with Crippen LogP contribution in [-0.2, 0) is 16.0 Å². The van der Waals surface area contributed by atoms with Gasteiger partial charge in [-0.05, 0) is 98.5 Å². The fourth-order valence-corrected chi connectivity index (χ4v) is 7.12. The number of hydrogen-bond acceptors (Lipinski definition) is 7. The maximum Gasteiger partial charge on any atom is 0.235 e. The lowest BCUT2D eigenvalue weighted by atomic mass is 9.85. The van der Waals surface area contributed by atoms with Gasteiger partial charge in [0.05, 0.1) is 50.8 Å². The lowest BCUT2D eigenvalue weighted by Gasteiger charge is -2.38. The minimum Gasteiger partial charge on any atom is -0.493 e. The van der Waals surface area contributed by atoms with Crippen molar-refractivity contribution < 1.29 is 19.1 Å². The number of methoxy groups -OCH3 is 1. The number of carbonyl (C=O) groups excluding carboxylic acids is 2. The highest BCUT2D eigenvalue weighted by molar-refractivity contribution is 6.30. The molecule has 1 N–H and O–H groups in total. The van der Waals surface area contributed by atoms with E-state index in [9.17, 15) is 9.59 Å². The van der Waals surface area contributed by atoms with Gasteiger partial charge < -0.3 is 19.7 Å². The monoisotopic (exact) mass is 631 g/mol. The molecule has 6 rings (SSSR count). The quantitative estimate of drug-likeness (QED) is 0.329. The molecule has 1 aliphatic carbocycles. The Labute approximate surface area is 270 Å². The number of ether oxygens (including phenoxy) is 2. The molecule has 2 fully saturated rings. The predicted molar refractivity (Wildman–Crippen MR) is 176 cm³/mol. The second-order valence-corrected chi connectivity index (χ2v) is 13.1. The summed E-state index contributed by atoms with van der Waals surface area (Å²) in [7, 11) is 3.70. The van der Waals surface area contributed by atoms with Gasteiger partial charge in [0.2, 0.25) is 11.8 Å². The predicted octanol–water partition coefficient (Wildman–Crippen LogP) is 5.59. The summed E-state index contributed by atoms with van der Waals surface area (Å²) < 4.78 is 11.8. The van der Waals surface area contributed by atoms with Crippen molar-refractivity contribution in [1.29, 1.82) is 0 Å². The summed E-state index contributed by atoms with van der Waals surface area (Å²) in [4.78, 5) is 36.6. The number of nitrogens with zero attached hydrogens (tertiary/aromatic N) is 4. The van der Waals surface area contributed by atoms with E-state index < -0.39 is 0 Å². The molecule has 10 heteroatoms. The maximum atomic E-state index is 13.9. The van der Waals surface area contributed by atoms with Crippen molar-refractivity contribution in [2.75, 3.05) is 43.7 Å². The Balaban J connectivity index is 1.22. The first kappa shape index (κ1) is 31.2. The standard InChI is InChI=1S/C35H42ClN5O4/c1-22(2)45-31-17-29-25(15-30(31)44-4)16-34(43)41(35(29)24-7-9-26(36)10-8-24)28-13-14-32(37-18-28)39(3)19-23-5-11-27(12-6-23)40-20-33(42)38-21-40/h7-10,13-15,17-18,22-23,27,35H,5-6,11-12,16,19-21H2,1-4H3,(H,38,42)/t23-,27-,35-/m0/s1. The van der Waals surface area contributed by atoms with E-state index in [4.69, 9.17) is 26.1 Å². The molecule has 1 saturated carbocycles. The topological polar surface area (TPSA) is 87.2 Å². The van der Waals surface area contributed by atoms with Crippen LogP contribution in [0.1, 0.15) is 62.3 Å². The molecule has 0 radical (unpaired) electrons. The van der Waals surface area contributed by atoms with E-state index in [1.165, 1.54) is 0 Å². The number of fused-ring (bicyclic) bond motifs is 1.